The van der Waals surface area contributed by atoms with Crippen molar-refractivity contribution in [1.82, 2.24) is 0 Å². The predicted molar refractivity (Wildman–Crippen MR) is 75.4 cm³/mol. The quantitative estimate of drug-likeness (QED) is 0.885. The number of halogens is 1. The van der Waals surface area contributed by atoms with E-state index in [-0.39, 0.29) is 23.4 Å². The maximum atomic E-state index is 11.8. The van der Waals surface area contributed by atoms with Gasteiger partial charge in [-0.3, -0.25) is 9.59 Å². The Morgan fingerprint density at radius 2 is 2.22 bits per heavy atom. The molecule has 0 saturated heterocycles. The van der Waals surface area contributed by atoms with Gasteiger partial charge in [-0.15, -0.1) is 0 Å². The zero-order valence-corrected chi connectivity index (χ0v) is 11.6. The van der Waals surface area contributed by atoms with Crippen molar-refractivity contribution < 1.29 is 9.59 Å². The van der Waals surface area contributed by atoms with Crippen LogP contribution in [0, 0.1) is 0 Å². The van der Waals surface area contributed by atoms with E-state index in [9.17, 15) is 9.59 Å². The summed E-state index contributed by atoms with van der Waals surface area (Å²) < 4.78 is 0.791. The second kappa shape index (κ2) is 5.53. The molecule has 2 amide bonds. The van der Waals surface area contributed by atoms with Gasteiger partial charge in [0.2, 0.25) is 5.91 Å². The first-order chi connectivity index (χ1) is 8.56. The maximum absolute atomic E-state index is 11.8. The number of amidine groups is 1. The molecule has 0 radical (unpaired) electrons. The zero-order chi connectivity index (χ0) is 13.1. The number of carbonyl (C=O) groups is 2. The predicted octanol–water partition coefficient (Wildman–Crippen LogP) is 1.73. The number of carbonyl (C=O) groups excluding carboxylic acids is 2. The highest BCUT2D eigenvalue weighted by atomic mass is 79.9. The molecule has 2 rings (SSSR count). The molecule has 5 nitrogen and oxygen atoms in total. The summed E-state index contributed by atoms with van der Waals surface area (Å²) in [7, 11) is 0. The average molecular weight is 328 g/mol. The van der Waals surface area contributed by atoms with Crippen LogP contribution in [0.2, 0.25) is 0 Å². The lowest BCUT2D eigenvalue weighted by Gasteiger charge is -2.09. The second-order valence-corrected chi connectivity index (χ2v) is 5.70. The van der Waals surface area contributed by atoms with Gasteiger partial charge in [0.15, 0.2) is 5.17 Å². The third kappa shape index (κ3) is 3.11. The van der Waals surface area contributed by atoms with Gasteiger partial charge in [0.1, 0.15) is 5.25 Å². The topological polar surface area (TPSA) is 84.5 Å². The molecule has 0 bridgehead atoms. The van der Waals surface area contributed by atoms with Crippen LogP contribution in [0.25, 0.3) is 0 Å². The minimum Gasteiger partial charge on any atom is -0.378 e. The molecular formula is C11H10BrN3O2S. The number of anilines is 1. The van der Waals surface area contributed by atoms with Crippen LogP contribution in [0.1, 0.15) is 6.42 Å². The number of benzene rings is 1. The van der Waals surface area contributed by atoms with E-state index < -0.39 is 5.25 Å². The smallest absolute Gasteiger partial charge is 0.262 e. The first-order valence-electron chi connectivity index (χ1n) is 5.15. The number of nitrogens with one attached hydrogen (secondary N) is 1. The van der Waals surface area contributed by atoms with Crippen LogP contribution in [0.5, 0.6) is 0 Å². The molecule has 0 spiro atoms. The molecule has 18 heavy (non-hydrogen) atoms. The lowest BCUT2D eigenvalue weighted by molar-refractivity contribution is -0.121. The normalized spacial score (nSPS) is 18.6. The monoisotopic (exact) mass is 327 g/mol. The highest BCUT2D eigenvalue weighted by Crippen LogP contribution is 2.25. The Bertz CT molecular complexity index is 533. The number of hydrogen-bond donors (Lipinski definition) is 2. The average Bonchev–Trinajstić information content (AvgIpc) is 2.61. The molecule has 1 atom stereocenters. The van der Waals surface area contributed by atoms with Crippen LogP contribution in [-0.4, -0.2) is 22.2 Å². The highest BCUT2D eigenvalue weighted by Gasteiger charge is 2.29. The van der Waals surface area contributed by atoms with E-state index in [4.69, 9.17) is 5.73 Å². The summed E-state index contributed by atoms with van der Waals surface area (Å²) >= 11 is 4.45. The number of nitrogens with zero attached hydrogens (tertiary/aromatic N) is 1. The van der Waals surface area contributed by atoms with E-state index in [2.05, 4.69) is 26.2 Å². The molecule has 0 aliphatic carbocycles. The fourth-order valence-corrected chi connectivity index (χ4v) is 2.67. The van der Waals surface area contributed by atoms with Crippen LogP contribution in [0.4, 0.5) is 5.69 Å². The van der Waals surface area contributed by atoms with Gasteiger partial charge in [-0.25, -0.2) is 0 Å². The third-order valence-electron chi connectivity index (χ3n) is 2.28. The van der Waals surface area contributed by atoms with Crippen LogP contribution in [0.3, 0.4) is 0 Å². The second-order valence-electron chi connectivity index (χ2n) is 3.63. The van der Waals surface area contributed by atoms with Crippen molar-refractivity contribution in [2.45, 2.75) is 11.7 Å². The van der Waals surface area contributed by atoms with Crippen molar-refractivity contribution >= 4 is 50.4 Å². The fraction of sp³-hybridized carbons (Fsp3) is 0.182. The molecule has 0 fully saturated rings. The summed E-state index contributed by atoms with van der Waals surface area (Å²) in [5, 5.41) is 2.44. The molecule has 0 unspecified atom stereocenters. The Hall–Kier alpha value is -1.34. The van der Waals surface area contributed by atoms with Crippen LogP contribution >= 0.6 is 27.7 Å². The van der Waals surface area contributed by atoms with E-state index in [1.165, 1.54) is 0 Å². The highest BCUT2D eigenvalue weighted by molar-refractivity contribution is 9.10. The molecule has 0 saturated carbocycles. The molecule has 94 valence electrons. The van der Waals surface area contributed by atoms with Crippen molar-refractivity contribution in [2.24, 2.45) is 10.7 Å². The van der Waals surface area contributed by atoms with Crippen molar-refractivity contribution in [1.29, 1.82) is 0 Å². The lowest BCUT2D eigenvalue weighted by atomic mass is 10.2. The number of nitrogens with two attached hydrogens (primary N) is 1. The van der Waals surface area contributed by atoms with E-state index in [0.29, 0.717) is 5.69 Å². The van der Waals surface area contributed by atoms with E-state index in [0.717, 1.165) is 16.2 Å². The number of hydrogen-bond acceptors (Lipinski definition) is 4. The molecule has 3 N–H and O–H groups in total. The first-order valence-corrected chi connectivity index (χ1v) is 6.82. The van der Waals surface area contributed by atoms with Crippen LogP contribution in [0.15, 0.2) is 33.7 Å². The number of rotatable bonds is 3. The Kier molecular flexibility index (Phi) is 4.03. The Labute approximate surface area is 116 Å². The minimum atomic E-state index is -0.507. The molecule has 1 aromatic carbocycles. The van der Waals surface area contributed by atoms with Crippen molar-refractivity contribution in [3.63, 3.8) is 0 Å². The van der Waals surface area contributed by atoms with E-state index >= 15 is 0 Å². The van der Waals surface area contributed by atoms with Gasteiger partial charge in [0.25, 0.3) is 5.91 Å². The molecule has 1 aliphatic rings. The molecule has 7 heteroatoms. The SMILES string of the molecule is NC1=NC(=O)[C@H](CC(=O)Nc2ccccc2Br)S1. The summed E-state index contributed by atoms with van der Waals surface area (Å²) in [5.41, 5.74) is 6.09. The van der Waals surface area contributed by atoms with Gasteiger partial charge in [-0.2, -0.15) is 4.99 Å². The van der Waals surface area contributed by atoms with Gasteiger partial charge in [0.05, 0.1) is 5.69 Å². The largest absolute Gasteiger partial charge is 0.378 e. The van der Waals surface area contributed by atoms with E-state index in [1.807, 2.05) is 18.2 Å². The Morgan fingerprint density at radius 1 is 1.50 bits per heavy atom. The van der Waals surface area contributed by atoms with Gasteiger partial charge in [-0.05, 0) is 28.1 Å². The number of amides is 2. The Morgan fingerprint density at radius 3 is 2.83 bits per heavy atom. The van der Waals surface area contributed by atoms with Gasteiger partial charge in [0, 0.05) is 10.9 Å². The van der Waals surface area contributed by atoms with Crippen LogP contribution in [-0.2, 0) is 9.59 Å². The van der Waals surface area contributed by atoms with E-state index in [1.54, 1.807) is 6.07 Å². The number of para-hydroxylation sites is 1. The summed E-state index contributed by atoms with van der Waals surface area (Å²) in [6.45, 7) is 0. The van der Waals surface area contributed by atoms with Gasteiger partial charge >= 0.3 is 0 Å². The molecule has 1 heterocycles. The molecule has 1 aliphatic heterocycles. The molecular weight excluding hydrogens is 318 g/mol. The summed E-state index contributed by atoms with van der Waals surface area (Å²) in [6.07, 6.45) is 0.0645. The third-order valence-corrected chi connectivity index (χ3v) is 3.95. The maximum Gasteiger partial charge on any atom is 0.262 e. The molecule has 1 aromatic rings. The lowest BCUT2D eigenvalue weighted by Crippen LogP contribution is -2.21. The standard InChI is InChI=1S/C11H10BrN3O2S/c12-6-3-1-2-4-7(6)14-9(16)5-8-10(17)15-11(13)18-8/h1-4,8H,5H2,(H,14,16)(H2,13,15,17)/t8-/m0/s1. The summed E-state index contributed by atoms with van der Waals surface area (Å²) in [5.74, 6) is -0.586. The number of thioether (sulfide) groups is 1. The number of aliphatic imine (C=N–C) groups is 1. The van der Waals surface area contributed by atoms with Gasteiger partial charge in [-0.1, -0.05) is 23.9 Å². The first kappa shape index (κ1) is 13.1. The van der Waals surface area contributed by atoms with Gasteiger partial charge < -0.3 is 11.1 Å². The Balaban J connectivity index is 1.94. The zero-order valence-electron chi connectivity index (χ0n) is 9.22. The summed E-state index contributed by atoms with van der Waals surface area (Å²) in [4.78, 5) is 26.7. The molecule has 0 aromatic heterocycles. The van der Waals surface area contributed by atoms with Crippen molar-refractivity contribution in [3.8, 4) is 0 Å². The van der Waals surface area contributed by atoms with Crippen LogP contribution < -0.4 is 11.1 Å². The van der Waals surface area contributed by atoms with Crippen molar-refractivity contribution in [2.75, 3.05) is 5.32 Å². The van der Waals surface area contributed by atoms with Crippen molar-refractivity contribution in [3.05, 3.63) is 28.7 Å². The summed E-state index contributed by atoms with van der Waals surface area (Å²) in [6, 6.07) is 7.27. The fourth-order valence-electron chi connectivity index (χ4n) is 1.46. The minimum absolute atomic E-state index is 0.0645.